The second kappa shape index (κ2) is 8.19. The van der Waals surface area contributed by atoms with Crippen molar-refractivity contribution >= 4 is 31.5 Å². The van der Waals surface area contributed by atoms with Gasteiger partial charge in [-0.05, 0) is 0 Å². The number of rotatable bonds is 5. The number of carbonyl (C=O) groups excluding carboxylic acids is 1. The van der Waals surface area contributed by atoms with E-state index in [4.69, 9.17) is 10.00 Å². The second-order valence-electron chi connectivity index (χ2n) is 4.38. The Morgan fingerprint density at radius 3 is 2.45 bits per heavy atom. The van der Waals surface area contributed by atoms with Crippen molar-refractivity contribution in [2.45, 2.75) is 6.92 Å². The number of nitrogens with zero attached hydrogens (tertiary/aromatic N) is 1. The summed E-state index contributed by atoms with van der Waals surface area (Å²) in [6.45, 7) is 2.15. The van der Waals surface area contributed by atoms with Crippen LogP contribution in [0.3, 0.4) is 0 Å². The van der Waals surface area contributed by atoms with Crippen LogP contribution < -0.4 is 4.46 Å². The SMILES string of the molecule is CCOC(=O)/C(=C/c1ccc(C#N)cc1)[Se]c1ccccc1. The van der Waals surface area contributed by atoms with Gasteiger partial charge in [-0.2, -0.15) is 0 Å². The molecule has 0 saturated carbocycles. The number of hydrogen-bond acceptors (Lipinski definition) is 3. The minimum atomic E-state index is -0.282. The van der Waals surface area contributed by atoms with E-state index in [0.717, 1.165) is 10.0 Å². The molecule has 0 spiro atoms. The van der Waals surface area contributed by atoms with E-state index in [1.54, 1.807) is 19.1 Å². The Bertz CT molecular complexity index is 700. The summed E-state index contributed by atoms with van der Waals surface area (Å²) in [6, 6.07) is 19.1. The summed E-state index contributed by atoms with van der Waals surface area (Å²) >= 11 is -0.124. The molecule has 110 valence electrons. The normalized spacial score (nSPS) is 10.8. The van der Waals surface area contributed by atoms with Gasteiger partial charge in [-0.3, -0.25) is 0 Å². The zero-order valence-electron chi connectivity index (χ0n) is 12.2. The fourth-order valence-electron chi connectivity index (χ4n) is 1.75. The molecule has 2 aromatic carbocycles. The third-order valence-corrected chi connectivity index (χ3v) is 4.91. The van der Waals surface area contributed by atoms with Gasteiger partial charge in [0.2, 0.25) is 0 Å². The Balaban J connectivity index is 2.28. The fourth-order valence-corrected chi connectivity index (χ4v) is 3.61. The Morgan fingerprint density at radius 1 is 1.18 bits per heavy atom. The van der Waals surface area contributed by atoms with Gasteiger partial charge in [0, 0.05) is 0 Å². The molecule has 0 saturated heterocycles. The molecule has 22 heavy (non-hydrogen) atoms. The standard InChI is InChI=1S/C18H15NO2Se/c1-2-21-18(20)17(22-16-6-4-3-5-7-16)12-14-8-10-15(13-19)11-9-14/h3-12H,2H2,1H3/b17-12-. The maximum atomic E-state index is 12.1. The van der Waals surface area contributed by atoms with Crippen LogP contribution in [-0.4, -0.2) is 27.5 Å². The minimum absolute atomic E-state index is 0.124. The Morgan fingerprint density at radius 2 is 1.86 bits per heavy atom. The molecule has 0 fully saturated rings. The number of benzene rings is 2. The van der Waals surface area contributed by atoms with Crippen LogP contribution in [-0.2, 0) is 9.53 Å². The van der Waals surface area contributed by atoms with Crippen molar-refractivity contribution in [3.05, 3.63) is 70.2 Å². The molecule has 0 aliphatic heterocycles. The number of ether oxygens (including phenoxy) is 1. The van der Waals surface area contributed by atoms with Crippen molar-refractivity contribution in [2.75, 3.05) is 6.61 Å². The Labute approximate surface area is 136 Å². The van der Waals surface area contributed by atoms with Crippen LogP contribution in [0.1, 0.15) is 18.1 Å². The van der Waals surface area contributed by atoms with Crippen LogP contribution in [0.25, 0.3) is 6.08 Å². The summed E-state index contributed by atoms with van der Waals surface area (Å²) in [5.41, 5.74) is 1.49. The van der Waals surface area contributed by atoms with Crippen molar-refractivity contribution in [1.29, 1.82) is 5.26 Å². The Hall–Kier alpha value is -2.34. The number of nitriles is 1. The quantitative estimate of drug-likeness (QED) is 0.470. The van der Waals surface area contributed by atoms with Gasteiger partial charge in [0.1, 0.15) is 0 Å². The van der Waals surface area contributed by atoms with Crippen LogP contribution >= 0.6 is 0 Å². The molecule has 0 bridgehead atoms. The summed E-state index contributed by atoms with van der Waals surface area (Å²) < 4.78 is 6.92. The van der Waals surface area contributed by atoms with Crippen LogP contribution in [0.15, 0.2) is 59.1 Å². The number of hydrogen-bond donors (Lipinski definition) is 0. The molecule has 0 aliphatic rings. The van der Waals surface area contributed by atoms with E-state index < -0.39 is 0 Å². The first-order valence-electron chi connectivity index (χ1n) is 6.85. The average molecular weight is 356 g/mol. The van der Waals surface area contributed by atoms with E-state index in [1.807, 2.05) is 48.5 Å². The maximum absolute atomic E-state index is 12.1. The monoisotopic (exact) mass is 357 g/mol. The molecule has 3 nitrogen and oxygen atoms in total. The zero-order chi connectivity index (χ0) is 15.8. The van der Waals surface area contributed by atoms with E-state index in [9.17, 15) is 4.79 Å². The van der Waals surface area contributed by atoms with Crippen molar-refractivity contribution < 1.29 is 9.53 Å². The van der Waals surface area contributed by atoms with Gasteiger partial charge < -0.3 is 0 Å². The summed E-state index contributed by atoms with van der Waals surface area (Å²) in [7, 11) is 0. The van der Waals surface area contributed by atoms with Crippen molar-refractivity contribution in [3.63, 3.8) is 0 Å². The molecule has 0 radical (unpaired) electrons. The average Bonchev–Trinajstić information content (AvgIpc) is 2.56. The van der Waals surface area contributed by atoms with Crippen molar-refractivity contribution in [1.82, 2.24) is 0 Å². The topological polar surface area (TPSA) is 50.1 Å². The molecule has 2 rings (SSSR count). The zero-order valence-corrected chi connectivity index (χ0v) is 13.9. The van der Waals surface area contributed by atoms with E-state index in [-0.39, 0.29) is 20.9 Å². The summed E-state index contributed by atoms with van der Waals surface area (Å²) in [5, 5.41) is 8.83. The third kappa shape index (κ3) is 4.59. The van der Waals surface area contributed by atoms with Crippen molar-refractivity contribution in [2.24, 2.45) is 0 Å². The fraction of sp³-hybridized carbons (Fsp3) is 0.111. The first kappa shape index (κ1) is 16.0. The molecule has 0 unspecified atom stereocenters. The first-order valence-corrected chi connectivity index (χ1v) is 8.56. The van der Waals surface area contributed by atoms with Crippen LogP contribution in [0.2, 0.25) is 0 Å². The van der Waals surface area contributed by atoms with Gasteiger partial charge in [-0.15, -0.1) is 0 Å². The molecule has 0 heterocycles. The molecular formula is C18H15NO2Se. The molecule has 4 heteroatoms. The Kier molecular flexibility index (Phi) is 5.97. The molecule has 0 N–H and O–H groups in total. The van der Waals surface area contributed by atoms with Gasteiger partial charge in [-0.1, -0.05) is 0 Å². The first-order chi connectivity index (χ1) is 10.7. The van der Waals surface area contributed by atoms with Crippen LogP contribution in [0.4, 0.5) is 0 Å². The molecular weight excluding hydrogens is 341 g/mol. The summed E-state index contributed by atoms with van der Waals surface area (Å²) in [4.78, 5) is 12.1. The summed E-state index contributed by atoms with van der Waals surface area (Å²) in [6.07, 6.45) is 1.84. The van der Waals surface area contributed by atoms with E-state index in [0.29, 0.717) is 16.6 Å². The number of esters is 1. The predicted molar refractivity (Wildman–Crippen MR) is 87.6 cm³/mol. The second-order valence-corrected chi connectivity index (χ2v) is 6.72. The molecule has 0 amide bonds. The predicted octanol–water partition coefficient (Wildman–Crippen LogP) is 2.49. The van der Waals surface area contributed by atoms with Crippen LogP contribution in [0, 0.1) is 11.3 Å². The van der Waals surface area contributed by atoms with Gasteiger partial charge in [0.05, 0.1) is 0 Å². The molecule has 0 aliphatic carbocycles. The van der Waals surface area contributed by atoms with Crippen LogP contribution in [0.5, 0.6) is 0 Å². The molecule has 0 aromatic heterocycles. The van der Waals surface area contributed by atoms with E-state index in [2.05, 4.69) is 6.07 Å². The van der Waals surface area contributed by atoms with Crippen molar-refractivity contribution in [3.8, 4) is 6.07 Å². The molecule has 0 atom stereocenters. The molecule has 2 aromatic rings. The number of carbonyl (C=O) groups is 1. The third-order valence-electron chi connectivity index (χ3n) is 2.79. The van der Waals surface area contributed by atoms with Gasteiger partial charge in [-0.25, -0.2) is 0 Å². The van der Waals surface area contributed by atoms with Gasteiger partial charge in [0.15, 0.2) is 0 Å². The van der Waals surface area contributed by atoms with E-state index in [1.165, 1.54) is 0 Å². The van der Waals surface area contributed by atoms with E-state index >= 15 is 0 Å². The van der Waals surface area contributed by atoms with Gasteiger partial charge >= 0.3 is 136 Å². The van der Waals surface area contributed by atoms with Gasteiger partial charge in [0.25, 0.3) is 0 Å². The summed E-state index contributed by atoms with van der Waals surface area (Å²) in [5.74, 6) is -0.282.